The summed E-state index contributed by atoms with van der Waals surface area (Å²) in [4.78, 5) is 0. The molecule has 3 nitrogen and oxygen atoms in total. The monoisotopic (exact) mass is 418 g/mol. The van der Waals surface area contributed by atoms with E-state index in [1.165, 1.54) is 12.8 Å². The summed E-state index contributed by atoms with van der Waals surface area (Å²) in [6, 6.07) is 0. The first-order valence-electron chi connectivity index (χ1n) is 12.8. The predicted octanol–water partition coefficient (Wildman–Crippen LogP) is 5.33. The summed E-state index contributed by atoms with van der Waals surface area (Å²) in [6.07, 6.45) is 10.9. The molecule has 0 aromatic heterocycles. The second kappa shape index (κ2) is 8.19. The molecule has 30 heavy (non-hydrogen) atoms. The van der Waals surface area contributed by atoms with E-state index < -0.39 is 0 Å². The van der Waals surface area contributed by atoms with Crippen LogP contribution < -0.4 is 0 Å². The molecule has 0 unspecified atom stereocenters. The summed E-state index contributed by atoms with van der Waals surface area (Å²) in [5.74, 6) is 3.14. The Bertz CT molecular complexity index is 656. The van der Waals surface area contributed by atoms with E-state index in [-0.39, 0.29) is 29.6 Å². The fourth-order valence-corrected chi connectivity index (χ4v) is 8.76. The van der Waals surface area contributed by atoms with Crippen LogP contribution in [0.5, 0.6) is 0 Å². The van der Waals surface area contributed by atoms with Gasteiger partial charge in [-0.15, -0.1) is 0 Å². The summed E-state index contributed by atoms with van der Waals surface area (Å²) < 4.78 is 0. The molecule has 0 amide bonds. The lowest BCUT2D eigenvalue weighted by Gasteiger charge is -2.58. The van der Waals surface area contributed by atoms with Gasteiger partial charge >= 0.3 is 0 Å². The number of hydrogen-bond donors (Lipinski definition) is 3. The number of aliphatic hydroxyl groups is 3. The van der Waals surface area contributed by atoms with Gasteiger partial charge in [0.05, 0.1) is 18.3 Å². The van der Waals surface area contributed by atoms with Gasteiger partial charge in [0.1, 0.15) is 0 Å². The summed E-state index contributed by atoms with van der Waals surface area (Å²) in [5, 5.41) is 31.9. The normalized spacial score (nSPS) is 47.8. The Balaban J connectivity index is 1.55. The fraction of sp³-hybridized carbons (Fsp3) is 0.926. The Labute approximate surface area is 184 Å². The quantitative estimate of drug-likeness (QED) is 0.529. The lowest BCUT2D eigenvalue weighted by Crippen LogP contribution is -2.53. The molecule has 0 saturated heterocycles. The van der Waals surface area contributed by atoms with Gasteiger partial charge in [0.15, 0.2) is 0 Å². The van der Waals surface area contributed by atoms with Crippen molar-refractivity contribution in [2.45, 2.75) is 111 Å². The molecule has 4 rings (SSSR count). The van der Waals surface area contributed by atoms with Crippen molar-refractivity contribution in [2.24, 2.45) is 46.3 Å². The van der Waals surface area contributed by atoms with Gasteiger partial charge in [0.25, 0.3) is 0 Å². The first-order valence-corrected chi connectivity index (χ1v) is 12.8. The zero-order valence-corrected chi connectivity index (χ0v) is 20.0. The van der Waals surface area contributed by atoms with Crippen LogP contribution >= 0.6 is 0 Å². The first-order chi connectivity index (χ1) is 14.1. The third-order valence-corrected chi connectivity index (χ3v) is 10.2. The van der Waals surface area contributed by atoms with Crippen molar-refractivity contribution in [3.63, 3.8) is 0 Å². The van der Waals surface area contributed by atoms with Crippen molar-refractivity contribution in [2.75, 3.05) is 0 Å². The summed E-state index contributed by atoms with van der Waals surface area (Å²) in [6.45, 7) is 11.7. The number of rotatable bonds is 5. The highest BCUT2D eigenvalue weighted by molar-refractivity contribution is 5.30. The average molecular weight is 419 g/mol. The van der Waals surface area contributed by atoms with Crippen LogP contribution in [0.25, 0.3) is 0 Å². The van der Waals surface area contributed by atoms with Crippen molar-refractivity contribution in [1.29, 1.82) is 0 Å². The molecular formula is C27H46O3. The molecule has 0 heterocycles. The van der Waals surface area contributed by atoms with E-state index in [1.54, 1.807) is 5.57 Å². The molecule has 3 fully saturated rings. The highest BCUT2D eigenvalue weighted by atomic mass is 16.3. The second-order valence-electron chi connectivity index (χ2n) is 12.5. The van der Waals surface area contributed by atoms with Gasteiger partial charge in [-0.2, -0.15) is 0 Å². The smallest absolute Gasteiger partial charge is 0.0583 e. The van der Waals surface area contributed by atoms with Crippen LogP contribution in [0, 0.1) is 46.3 Å². The van der Waals surface area contributed by atoms with Gasteiger partial charge in [-0.3, -0.25) is 0 Å². The lowest BCUT2D eigenvalue weighted by atomic mass is 9.47. The predicted molar refractivity (Wildman–Crippen MR) is 122 cm³/mol. The van der Waals surface area contributed by atoms with Crippen LogP contribution in [-0.4, -0.2) is 33.6 Å². The molecular weight excluding hydrogens is 372 g/mol. The maximum Gasteiger partial charge on any atom is 0.0583 e. The fourth-order valence-electron chi connectivity index (χ4n) is 8.76. The maximum atomic E-state index is 11.1. The molecule has 0 bridgehead atoms. The third kappa shape index (κ3) is 3.71. The van der Waals surface area contributed by atoms with Crippen LogP contribution in [0.3, 0.4) is 0 Å². The minimum atomic E-state index is -0.279. The van der Waals surface area contributed by atoms with Crippen molar-refractivity contribution in [3.05, 3.63) is 11.6 Å². The van der Waals surface area contributed by atoms with Crippen LogP contribution in [0.2, 0.25) is 0 Å². The Morgan fingerprint density at radius 1 is 1.00 bits per heavy atom. The SMILES string of the molecule is CC(C)C[C@H](O)C[C@@H](C)[C@H]1CC[C@H]2[C@@H]3C[C@H](O)[C@H]4C[C@@H](O)CC[C@]4(C)C3=CC[C@]12C. The van der Waals surface area contributed by atoms with Gasteiger partial charge < -0.3 is 15.3 Å². The molecule has 4 aliphatic rings. The third-order valence-electron chi connectivity index (χ3n) is 10.2. The van der Waals surface area contributed by atoms with E-state index in [4.69, 9.17) is 0 Å². The number of fused-ring (bicyclic) bond motifs is 5. The van der Waals surface area contributed by atoms with Gasteiger partial charge in [-0.05, 0) is 104 Å². The number of aliphatic hydroxyl groups excluding tert-OH is 3. The molecule has 3 N–H and O–H groups in total. The van der Waals surface area contributed by atoms with Crippen molar-refractivity contribution in [1.82, 2.24) is 0 Å². The first kappa shape index (κ1) is 22.8. The van der Waals surface area contributed by atoms with Gasteiger partial charge in [0, 0.05) is 0 Å². The molecule has 0 radical (unpaired) electrons. The van der Waals surface area contributed by atoms with Crippen LogP contribution in [0.4, 0.5) is 0 Å². The molecule has 0 aliphatic heterocycles. The van der Waals surface area contributed by atoms with E-state index in [0.717, 1.165) is 44.9 Å². The highest BCUT2D eigenvalue weighted by Gasteiger charge is 2.59. The molecule has 0 aromatic carbocycles. The standard InChI is InChI=1S/C27H46O3/c1-16(2)12-19(29)13-17(3)21-6-7-22-20-15-25(30)24-14-18(28)8-10-27(24,5)23(20)9-11-26(21,22)4/h9,16-22,24-25,28-30H,6-8,10-15H2,1-5H3/t17-,18+,19+,20+,21-,22+,24-,25+,26-,27-/m1/s1. The molecule has 4 aliphatic carbocycles. The van der Waals surface area contributed by atoms with E-state index >= 15 is 0 Å². The van der Waals surface area contributed by atoms with E-state index in [1.807, 2.05) is 0 Å². The Morgan fingerprint density at radius 2 is 1.73 bits per heavy atom. The Hall–Kier alpha value is -0.380. The molecule has 0 spiro atoms. The molecule has 3 heteroatoms. The van der Waals surface area contributed by atoms with E-state index in [9.17, 15) is 15.3 Å². The maximum absolute atomic E-state index is 11.1. The second-order valence-corrected chi connectivity index (χ2v) is 12.5. The number of allylic oxidation sites excluding steroid dienone is 2. The number of hydrogen-bond acceptors (Lipinski definition) is 3. The zero-order chi connectivity index (χ0) is 21.8. The van der Waals surface area contributed by atoms with E-state index in [0.29, 0.717) is 35.0 Å². The summed E-state index contributed by atoms with van der Waals surface area (Å²) >= 11 is 0. The van der Waals surface area contributed by atoms with Crippen molar-refractivity contribution in [3.8, 4) is 0 Å². The van der Waals surface area contributed by atoms with E-state index in [2.05, 4.69) is 40.7 Å². The van der Waals surface area contributed by atoms with Crippen molar-refractivity contribution < 1.29 is 15.3 Å². The molecule has 3 saturated carbocycles. The molecule has 10 atom stereocenters. The minimum Gasteiger partial charge on any atom is -0.393 e. The topological polar surface area (TPSA) is 60.7 Å². The Kier molecular flexibility index (Phi) is 6.23. The summed E-state index contributed by atoms with van der Waals surface area (Å²) in [5.41, 5.74) is 1.99. The minimum absolute atomic E-state index is 0.0695. The highest BCUT2D eigenvalue weighted by Crippen LogP contribution is 2.66. The van der Waals surface area contributed by atoms with Gasteiger partial charge in [-0.1, -0.05) is 46.3 Å². The van der Waals surface area contributed by atoms with Crippen LogP contribution in [0.15, 0.2) is 11.6 Å². The van der Waals surface area contributed by atoms with Gasteiger partial charge in [-0.25, -0.2) is 0 Å². The van der Waals surface area contributed by atoms with Crippen molar-refractivity contribution >= 4 is 0 Å². The van der Waals surface area contributed by atoms with Crippen LogP contribution in [-0.2, 0) is 0 Å². The summed E-state index contributed by atoms with van der Waals surface area (Å²) in [7, 11) is 0. The van der Waals surface area contributed by atoms with Crippen LogP contribution in [0.1, 0.15) is 92.4 Å². The zero-order valence-electron chi connectivity index (χ0n) is 20.0. The molecule has 0 aromatic rings. The Morgan fingerprint density at radius 3 is 2.43 bits per heavy atom. The molecule has 172 valence electrons. The largest absolute Gasteiger partial charge is 0.393 e. The average Bonchev–Trinajstić information content (AvgIpc) is 3.00. The lowest BCUT2D eigenvalue weighted by molar-refractivity contribution is -0.0831. The van der Waals surface area contributed by atoms with Gasteiger partial charge in [0.2, 0.25) is 0 Å².